The molecule has 0 amide bonds. The van der Waals surface area contributed by atoms with E-state index in [1.54, 1.807) is 0 Å². The van der Waals surface area contributed by atoms with Crippen molar-refractivity contribution in [1.82, 2.24) is 5.32 Å². The van der Waals surface area contributed by atoms with Crippen LogP contribution < -0.4 is 5.32 Å². The van der Waals surface area contributed by atoms with Gasteiger partial charge in [-0.1, -0.05) is 0 Å². The summed E-state index contributed by atoms with van der Waals surface area (Å²) >= 11 is 5.71. The quantitative estimate of drug-likeness (QED) is 0.560. The molecular formula is C5H11Cl2NO. The number of hydrogen-bond donors (Lipinski definition) is 2. The van der Waals surface area contributed by atoms with E-state index in [1.165, 1.54) is 0 Å². The third-order valence-electron chi connectivity index (χ3n) is 1.39. The number of aliphatic hydroxyl groups excluding tert-OH is 1. The summed E-state index contributed by atoms with van der Waals surface area (Å²) in [6.45, 7) is 1.05. The number of hydrogen-bond acceptors (Lipinski definition) is 2. The minimum Gasteiger partial charge on any atom is -0.395 e. The van der Waals surface area contributed by atoms with Crippen molar-refractivity contribution in [3.63, 3.8) is 0 Å². The summed E-state index contributed by atoms with van der Waals surface area (Å²) in [4.78, 5) is 0. The molecule has 0 spiro atoms. The molecule has 4 heteroatoms. The van der Waals surface area contributed by atoms with Crippen molar-refractivity contribution < 1.29 is 5.11 Å². The second-order valence-corrected chi connectivity index (χ2v) is 2.74. The van der Waals surface area contributed by atoms with Crippen molar-refractivity contribution in [3.05, 3.63) is 0 Å². The minimum absolute atomic E-state index is 0. The van der Waals surface area contributed by atoms with E-state index in [4.69, 9.17) is 16.7 Å². The molecule has 0 aromatic carbocycles. The summed E-state index contributed by atoms with van der Waals surface area (Å²) in [7, 11) is 0. The van der Waals surface area contributed by atoms with Gasteiger partial charge in [-0.25, -0.2) is 0 Å². The van der Waals surface area contributed by atoms with Crippen LogP contribution >= 0.6 is 24.0 Å². The second-order valence-electron chi connectivity index (χ2n) is 2.12. The maximum absolute atomic E-state index is 8.56. The monoisotopic (exact) mass is 171 g/mol. The molecule has 0 radical (unpaired) electrons. The van der Waals surface area contributed by atoms with Gasteiger partial charge in [0, 0.05) is 18.0 Å². The Morgan fingerprint density at radius 2 is 2.33 bits per heavy atom. The first-order valence-corrected chi connectivity index (χ1v) is 3.25. The molecule has 0 aliphatic carbocycles. The van der Waals surface area contributed by atoms with Crippen LogP contribution in [0.15, 0.2) is 0 Å². The smallest absolute Gasteiger partial charge is 0.0585 e. The lowest BCUT2D eigenvalue weighted by molar-refractivity contribution is 0.255. The van der Waals surface area contributed by atoms with Crippen LogP contribution in [0, 0.1) is 0 Å². The van der Waals surface area contributed by atoms with Gasteiger partial charge < -0.3 is 10.4 Å². The molecule has 1 aliphatic heterocycles. The number of rotatable bonds is 1. The van der Waals surface area contributed by atoms with E-state index in [0.717, 1.165) is 13.0 Å². The molecule has 9 heavy (non-hydrogen) atoms. The Bertz CT molecular complexity index is 81.4. The summed E-state index contributed by atoms with van der Waals surface area (Å²) in [6.07, 6.45) is 0.901. The lowest BCUT2D eigenvalue weighted by Crippen LogP contribution is -2.24. The van der Waals surface area contributed by atoms with Gasteiger partial charge in [0.25, 0.3) is 0 Å². The molecule has 1 aliphatic rings. The van der Waals surface area contributed by atoms with Gasteiger partial charge in [-0.3, -0.25) is 0 Å². The third-order valence-corrected chi connectivity index (χ3v) is 1.72. The molecule has 0 aromatic rings. The summed E-state index contributed by atoms with van der Waals surface area (Å²) in [5, 5.41) is 11.9. The van der Waals surface area contributed by atoms with Gasteiger partial charge in [-0.05, 0) is 6.42 Å². The fourth-order valence-electron chi connectivity index (χ4n) is 0.909. The summed E-state index contributed by atoms with van der Waals surface area (Å²) < 4.78 is 0. The molecular weight excluding hydrogens is 161 g/mol. The van der Waals surface area contributed by atoms with Gasteiger partial charge in [0.2, 0.25) is 0 Å². The van der Waals surface area contributed by atoms with Crippen molar-refractivity contribution >= 4 is 24.0 Å². The van der Waals surface area contributed by atoms with Crippen LogP contribution in [0.2, 0.25) is 0 Å². The van der Waals surface area contributed by atoms with Crippen LogP contribution in [0.5, 0.6) is 0 Å². The van der Waals surface area contributed by atoms with Crippen LogP contribution in [0.1, 0.15) is 6.42 Å². The molecule has 1 rings (SSSR count). The summed E-state index contributed by atoms with van der Waals surface area (Å²) in [6, 6.07) is 0.248. The van der Waals surface area contributed by atoms with E-state index in [0.29, 0.717) is 0 Å². The van der Waals surface area contributed by atoms with Crippen molar-refractivity contribution in [2.24, 2.45) is 0 Å². The molecule has 2 nitrogen and oxygen atoms in total. The highest BCUT2D eigenvalue weighted by molar-refractivity contribution is 6.21. The van der Waals surface area contributed by atoms with Crippen molar-refractivity contribution in [2.75, 3.05) is 13.2 Å². The first-order chi connectivity index (χ1) is 3.83. The lowest BCUT2D eigenvalue weighted by atomic mass is 10.2. The maximum atomic E-state index is 8.56. The molecule has 0 bridgehead atoms. The number of alkyl halides is 1. The zero-order chi connectivity index (χ0) is 5.98. The second kappa shape index (κ2) is 4.34. The summed E-state index contributed by atoms with van der Waals surface area (Å²) in [5.41, 5.74) is 0. The van der Waals surface area contributed by atoms with Gasteiger partial charge >= 0.3 is 0 Å². The normalized spacial score (nSPS) is 34.0. The first kappa shape index (κ1) is 9.50. The molecule has 1 fully saturated rings. The van der Waals surface area contributed by atoms with Gasteiger partial charge in [-0.2, -0.15) is 0 Å². The van der Waals surface area contributed by atoms with Crippen molar-refractivity contribution in [3.8, 4) is 0 Å². The highest BCUT2D eigenvalue weighted by atomic mass is 35.5. The molecule has 0 saturated carbocycles. The molecule has 2 atom stereocenters. The Labute approximate surface area is 66.0 Å². The zero-order valence-electron chi connectivity index (χ0n) is 5.01. The fraction of sp³-hybridized carbons (Fsp3) is 1.00. The summed E-state index contributed by atoms with van der Waals surface area (Å²) in [5.74, 6) is 0. The fourth-order valence-corrected chi connectivity index (χ4v) is 1.21. The average Bonchev–Trinajstić information content (AvgIpc) is 2.14. The number of nitrogens with one attached hydrogen (secondary N) is 1. The van der Waals surface area contributed by atoms with E-state index in [-0.39, 0.29) is 30.4 Å². The van der Waals surface area contributed by atoms with Crippen LogP contribution in [0.25, 0.3) is 0 Å². The van der Waals surface area contributed by atoms with Crippen molar-refractivity contribution in [1.29, 1.82) is 0 Å². The number of halogens is 2. The Kier molecular flexibility index (Phi) is 4.58. The molecule has 2 N–H and O–H groups in total. The Hall–Kier alpha value is 0.500. The highest BCUT2D eigenvalue weighted by Crippen LogP contribution is 2.10. The molecule has 0 aromatic heterocycles. The van der Waals surface area contributed by atoms with Crippen molar-refractivity contribution in [2.45, 2.75) is 17.8 Å². The molecule has 2 unspecified atom stereocenters. The Balaban J connectivity index is 0.000000640. The lowest BCUT2D eigenvalue weighted by Gasteiger charge is -2.01. The van der Waals surface area contributed by atoms with Crippen LogP contribution in [-0.2, 0) is 0 Å². The molecule has 1 saturated heterocycles. The predicted molar refractivity (Wildman–Crippen MR) is 40.4 cm³/mol. The van der Waals surface area contributed by atoms with Crippen LogP contribution in [-0.4, -0.2) is 29.7 Å². The zero-order valence-corrected chi connectivity index (χ0v) is 6.58. The van der Waals surface area contributed by atoms with E-state index < -0.39 is 0 Å². The Morgan fingerprint density at radius 1 is 1.67 bits per heavy atom. The predicted octanol–water partition coefficient (Wildman–Crippen LogP) is 0.370. The largest absolute Gasteiger partial charge is 0.395 e. The first-order valence-electron chi connectivity index (χ1n) is 2.81. The van der Waals surface area contributed by atoms with E-state index in [9.17, 15) is 0 Å². The van der Waals surface area contributed by atoms with Crippen LogP contribution in [0.4, 0.5) is 0 Å². The third kappa shape index (κ3) is 2.72. The highest BCUT2D eigenvalue weighted by Gasteiger charge is 2.20. The van der Waals surface area contributed by atoms with E-state index in [2.05, 4.69) is 5.32 Å². The van der Waals surface area contributed by atoms with E-state index >= 15 is 0 Å². The SMILES string of the molecule is Cl.OCC1CC(Cl)CN1. The molecule has 56 valence electrons. The maximum Gasteiger partial charge on any atom is 0.0585 e. The number of aliphatic hydroxyl groups is 1. The van der Waals surface area contributed by atoms with Gasteiger partial charge in [0.15, 0.2) is 0 Å². The van der Waals surface area contributed by atoms with Gasteiger partial charge in [-0.15, -0.1) is 24.0 Å². The van der Waals surface area contributed by atoms with Gasteiger partial charge in [0.1, 0.15) is 0 Å². The van der Waals surface area contributed by atoms with E-state index in [1.807, 2.05) is 0 Å². The topological polar surface area (TPSA) is 32.3 Å². The van der Waals surface area contributed by atoms with Crippen LogP contribution in [0.3, 0.4) is 0 Å². The standard InChI is InChI=1S/C5H10ClNO.ClH/c6-4-1-5(3-8)7-2-4;/h4-5,7-8H,1-3H2;1H. The minimum atomic E-state index is 0. The van der Waals surface area contributed by atoms with Gasteiger partial charge in [0.05, 0.1) is 6.61 Å². The average molecular weight is 172 g/mol. The molecule has 1 heterocycles. The Morgan fingerprint density at radius 3 is 2.56 bits per heavy atom.